The topological polar surface area (TPSA) is 30.5 Å². The quantitative estimate of drug-likeness (QED) is 0.872. The van der Waals surface area contributed by atoms with Crippen LogP contribution in [-0.2, 0) is 6.42 Å². The molecule has 0 fully saturated rings. The van der Waals surface area contributed by atoms with Crippen molar-refractivity contribution in [1.82, 2.24) is 5.32 Å². The average Bonchev–Trinajstić information content (AvgIpc) is 2.82. The molecule has 0 radical (unpaired) electrons. The average molecular weight is 289 g/mol. The fourth-order valence-electron chi connectivity index (χ4n) is 2.04. The van der Waals surface area contributed by atoms with Gasteiger partial charge in [0.05, 0.1) is 6.42 Å². The first-order chi connectivity index (χ1) is 9.44. The normalized spacial score (nSPS) is 15.4. The first-order valence-electron chi connectivity index (χ1n) is 6.63. The molecule has 1 aromatic rings. The maximum atomic E-state index is 12.0. The molecule has 112 valence electrons. The van der Waals surface area contributed by atoms with Crippen molar-refractivity contribution in [1.29, 1.82) is 0 Å². The number of nitrogens with one attached hydrogen (secondary N) is 1. The zero-order chi connectivity index (χ0) is 14.6. The molecule has 0 bridgehead atoms. The Bertz CT molecular complexity index is 449. The van der Waals surface area contributed by atoms with E-state index in [4.69, 9.17) is 9.47 Å². The van der Waals surface area contributed by atoms with Crippen molar-refractivity contribution in [3.8, 4) is 11.5 Å². The molecule has 0 saturated carbocycles. The number of hydrogen-bond donors (Lipinski definition) is 1. The Labute approximate surface area is 116 Å². The molecule has 0 aromatic heterocycles. The van der Waals surface area contributed by atoms with Gasteiger partial charge in [-0.1, -0.05) is 6.07 Å². The van der Waals surface area contributed by atoms with E-state index in [9.17, 15) is 13.2 Å². The summed E-state index contributed by atoms with van der Waals surface area (Å²) in [4.78, 5) is 0. The number of rotatable bonds is 6. The molecule has 1 unspecified atom stereocenters. The molecule has 0 saturated heterocycles. The fraction of sp³-hybridized carbons (Fsp3) is 0.571. The van der Waals surface area contributed by atoms with Crippen LogP contribution in [0.25, 0.3) is 0 Å². The molecule has 1 aliphatic rings. The SMILES string of the molecule is CC(CCc1ccc2c(c1)OCO2)NCCC(F)(F)F. The van der Waals surface area contributed by atoms with Gasteiger partial charge in [0.2, 0.25) is 6.79 Å². The maximum Gasteiger partial charge on any atom is 0.390 e. The predicted molar refractivity (Wildman–Crippen MR) is 69.0 cm³/mol. The molecule has 0 aliphatic carbocycles. The Hall–Kier alpha value is -1.43. The second-order valence-electron chi connectivity index (χ2n) is 4.95. The Kier molecular flexibility index (Phi) is 4.75. The zero-order valence-corrected chi connectivity index (χ0v) is 11.3. The molecule has 6 heteroatoms. The fourth-order valence-corrected chi connectivity index (χ4v) is 2.04. The van der Waals surface area contributed by atoms with Gasteiger partial charge in [-0.15, -0.1) is 0 Å². The van der Waals surface area contributed by atoms with E-state index in [1.807, 2.05) is 25.1 Å². The molecule has 1 atom stereocenters. The van der Waals surface area contributed by atoms with Crippen LogP contribution in [0.1, 0.15) is 25.3 Å². The Morgan fingerprint density at radius 1 is 1.25 bits per heavy atom. The summed E-state index contributed by atoms with van der Waals surface area (Å²) in [6, 6.07) is 5.78. The second-order valence-corrected chi connectivity index (χ2v) is 4.95. The second kappa shape index (κ2) is 6.35. The largest absolute Gasteiger partial charge is 0.454 e. The van der Waals surface area contributed by atoms with E-state index in [1.165, 1.54) is 0 Å². The van der Waals surface area contributed by atoms with Crippen LogP contribution < -0.4 is 14.8 Å². The molecule has 1 aliphatic heterocycles. The molecule has 20 heavy (non-hydrogen) atoms. The molecule has 2 rings (SSSR count). The summed E-state index contributed by atoms with van der Waals surface area (Å²) < 4.78 is 46.6. The van der Waals surface area contributed by atoms with Gasteiger partial charge in [0.1, 0.15) is 0 Å². The van der Waals surface area contributed by atoms with Crippen molar-refractivity contribution >= 4 is 0 Å². The molecule has 0 spiro atoms. The lowest BCUT2D eigenvalue weighted by molar-refractivity contribution is -0.133. The van der Waals surface area contributed by atoms with Gasteiger partial charge in [-0.05, 0) is 37.5 Å². The van der Waals surface area contributed by atoms with Crippen LogP contribution in [0.2, 0.25) is 0 Å². The van der Waals surface area contributed by atoms with Gasteiger partial charge in [0.15, 0.2) is 11.5 Å². The first-order valence-corrected chi connectivity index (χ1v) is 6.63. The summed E-state index contributed by atoms with van der Waals surface area (Å²) in [6.07, 6.45) is -3.32. The highest BCUT2D eigenvalue weighted by Crippen LogP contribution is 2.32. The van der Waals surface area contributed by atoms with Gasteiger partial charge in [-0.25, -0.2) is 0 Å². The smallest absolute Gasteiger partial charge is 0.390 e. The molecular weight excluding hydrogens is 271 g/mol. The number of aryl methyl sites for hydroxylation is 1. The third-order valence-corrected chi connectivity index (χ3v) is 3.20. The third kappa shape index (κ3) is 4.59. The number of ether oxygens (including phenoxy) is 2. The van der Waals surface area contributed by atoms with Gasteiger partial charge >= 0.3 is 6.18 Å². The van der Waals surface area contributed by atoms with Crippen LogP contribution in [0.4, 0.5) is 13.2 Å². The number of hydrogen-bond acceptors (Lipinski definition) is 3. The summed E-state index contributed by atoms with van der Waals surface area (Å²) in [5.74, 6) is 1.48. The van der Waals surface area contributed by atoms with Crippen molar-refractivity contribution in [3.05, 3.63) is 23.8 Å². The van der Waals surface area contributed by atoms with Crippen LogP contribution in [0.5, 0.6) is 11.5 Å². The van der Waals surface area contributed by atoms with Gasteiger partial charge in [0, 0.05) is 12.6 Å². The monoisotopic (exact) mass is 289 g/mol. The summed E-state index contributed by atoms with van der Waals surface area (Å²) in [5, 5.41) is 2.89. The highest BCUT2D eigenvalue weighted by atomic mass is 19.4. The number of alkyl halides is 3. The van der Waals surface area contributed by atoms with Crippen LogP contribution in [0.15, 0.2) is 18.2 Å². The Balaban J connectivity index is 1.72. The van der Waals surface area contributed by atoms with Gasteiger partial charge in [0.25, 0.3) is 0 Å². The standard InChI is InChI=1S/C14H18F3NO2/c1-10(18-7-6-14(15,16)17)2-3-11-4-5-12-13(8-11)20-9-19-12/h4-5,8,10,18H,2-3,6-7,9H2,1H3. The van der Waals surface area contributed by atoms with Crippen molar-refractivity contribution in [2.75, 3.05) is 13.3 Å². The molecule has 3 nitrogen and oxygen atoms in total. The van der Waals surface area contributed by atoms with Gasteiger partial charge < -0.3 is 14.8 Å². The summed E-state index contributed by atoms with van der Waals surface area (Å²) in [5.41, 5.74) is 1.10. The third-order valence-electron chi connectivity index (χ3n) is 3.20. The minimum absolute atomic E-state index is 0.0359. The zero-order valence-electron chi connectivity index (χ0n) is 11.3. The lowest BCUT2D eigenvalue weighted by atomic mass is 10.1. The van der Waals surface area contributed by atoms with Gasteiger partial charge in [-0.3, -0.25) is 0 Å². The van der Waals surface area contributed by atoms with Crippen molar-refractivity contribution in [2.24, 2.45) is 0 Å². The summed E-state index contributed by atoms with van der Waals surface area (Å²) in [6.45, 7) is 2.10. The van der Waals surface area contributed by atoms with Crippen LogP contribution in [0, 0.1) is 0 Å². The van der Waals surface area contributed by atoms with E-state index >= 15 is 0 Å². The van der Waals surface area contributed by atoms with Crippen molar-refractivity contribution < 1.29 is 22.6 Å². The maximum absolute atomic E-state index is 12.0. The lowest BCUT2D eigenvalue weighted by Crippen LogP contribution is -2.30. The van der Waals surface area contributed by atoms with E-state index < -0.39 is 12.6 Å². The minimum atomic E-state index is -4.09. The Morgan fingerprint density at radius 2 is 2.00 bits per heavy atom. The van der Waals surface area contributed by atoms with E-state index in [-0.39, 0.29) is 19.4 Å². The Morgan fingerprint density at radius 3 is 2.75 bits per heavy atom. The van der Waals surface area contributed by atoms with E-state index in [0.717, 1.165) is 29.9 Å². The summed E-state index contributed by atoms with van der Waals surface area (Å²) >= 11 is 0. The molecule has 1 heterocycles. The van der Waals surface area contributed by atoms with Gasteiger partial charge in [-0.2, -0.15) is 13.2 Å². The lowest BCUT2D eigenvalue weighted by Gasteiger charge is -2.14. The molecule has 1 aromatic carbocycles. The van der Waals surface area contributed by atoms with E-state index in [1.54, 1.807) is 0 Å². The number of benzene rings is 1. The molecule has 0 amide bonds. The van der Waals surface area contributed by atoms with Crippen molar-refractivity contribution in [2.45, 2.75) is 38.4 Å². The highest BCUT2D eigenvalue weighted by Gasteiger charge is 2.26. The van der Waals surface area contributed by atoms with Crippen LogP contribution >= 0.6 is 0 Å². The van der Waals surface area contributed by atoms with E-state index in [0.29, 0.717) is 0 Å². The van der Waals surface area contributed by atoms with Crippen molar-refractivity contribution in [3.63, 3.8) is 0 Å². The number of halogens is 3. The van der Waals surface area contributed by atoms with Crippen LogP contribution in [0.3, 0.4) is 0 Å². The summed E-state index contributed by atoms with van der Waals surface area (Å²) in [7, 11) is 0. The predicted octanol–water partition coefficient (Wildman–Crippen LogP) is 3.28. The molecule has 1 N–H and O–H groups in total. The molecular formula is C14H18F3NO2. The van der Waals surface area contributed by atoms with E-state index in [2.05, 4.69) is 5.32 Å². The minimum Gasteiger partial charge on any atom is -0.454 e. The number of fused-ring (bicyclic) bond motifs is 1. The van der Waals surface area contributed by atoms with Crippen LogP contribution in [-0.4, -0.2) is 25.6 Å². The first kappa shape index (κ1) is 15.0. The highest BCUT2D eigenvalue weighted by molar-refractivity contribution is 5.44.